The van der Waals surface area contributed by atoms with Crippen molar-refractivity contribution >= 4 is 28.0 Å². The van der Waals surface area contributed by atoms with Gasteiger partial charge >= 0.3 is 0 Å². The van der Waals surface area contributed by atoms with Crippen molar-refractivity contribution in [2.75, 3.05) is 6.26 Å². The fourth-order valence-electron chi connectivity index (χ4n) is 0.538. The van der Waals surface area contributed by atoms with Gasteiger partial charge in [-0.2, -0.15) is 0 Å². The van der Waals surface area contributed by atoms with E-state index in [0.29, 0.717) is 0 Å². The first kappa shape index (κ1) is 6.90. The SMILES string of the molecule is C=C(SC)c1cccs1. The normalized spacial score (nSPS) is 9.44. The lowest BCUT2D eigenvalue weighted by Crippen LogP contribution is -1.64. The monoisotopic (exact) mass is 156 g/mol. The van der Waals surface area contributed by atoms with Gasteiger partial charge in [-0.25, -0.2) is 0 Å². The average molecular weight is 156 g/mol. The quantitative estimate of drug-likeness (QED) is 0.634. The highest BCUT2D eigenvalue weighted by Crippen LogP contribution is 2.26. The van der Waals surface area contributed by atoms with Gasteiger partial charge in [0.05, 0.1) is 0 Å². The molecule has 0 unspecified atom stereocenters. The largest absolute Gasteiger partial charge is 0.143 e. The predicted molar refractivity (Wildman–Crippen MR) is 46.9 cm³/mol. The lowest BCUT2D eigenvalue weighted by atomic mass is 10.5. The zero-order valence-electron chi connectivity index (χ0n) is 5.26. The fraction of sp³-hybridized carbons (Fsp3) is 0.143. The molecule has 48 valence electrons. The third-order valence-electron chi connectivity index (χ3n) is 1.04. The third-order valence-corrected chi connectivity index (χ3v) is 2.81. The van der Waals surface area contributed by atoms with Gasteiger partial charge in [0.25, 0.3) is 0 Å². The molecule has 0 radical (unpaired) electrons. The van der Waals surface area contributed by atoms with E-state index in [1.54, 1.807) is 23.1 Å². The first-order valence-electron chi connectivity index (χ1n) is 2.61. The molecule has 0 aliphatic heterocycles. The van der Waals surface area contributed by atoms with E-state index in [2.05, 4.69) is 18.0 Å². The van der Waals surface area contributed by atoms with Crippen LogP contribution >= 0.6 is 23.1 Å². The van der Waals surface area contributed by atoms with Crippen LogP contribution in [-0.4, -0.2) is 6.26 Å². The van der Waals surface area contributed by atoms with Crippen LogP contribution in [0.15, 0.2) is 24.1 Å². The Morgan fingerprint density at radius 3 is 3.00 bits per heavy atom. The van der Waals surface area contributed by atoms with E-state index < -0.39 is 0 Å². The van der Waals surface area contributed by atoms with Crippen molar-refractivity contribution in [1.29, 1.82) is 0 Å². The Balaban J connectivity index is 2.77. The molecule has 0 bridgehead atoms. The lowest BCUT2D eigenvalue weighted by Gasteiger charge is -1.93. The second kappa shape index (κ2) is 3.08. The highest BCUT2D eigenvalue weighted by Gasteiger charge is 1.94. The summed E-state index contributed by atoms with van der Waals surface area (Å²) in [4.78, 5) is 2.44. The topological polar surface area (TPSA) is 0 Å². The van der Waals surface area contributed by atoms with Crippen molar-refractivity contribution in [2.45, 2.75) is 0 Å². The molecule has 0 saturated heterocycles. The van der Waals surface area contributed by atoms with Crippen molar-refractivity contribution in [3.63, 3.8) is 0 Å². The molecule has 1 aromatic heterocycles. The van der Waals surface area contributed by atoms with Gasteiger partial charge in [0, 0.05) is 9.78 Å². The number of thiophene rings is 1. The molecule has 1 aromatic rings. The third kappa shape index (κ3) is 1.60. The summed E-state index contributed by atoms with van der Waals surface area (Å²) >= 11 is 3.43. The summed E-state index contributed by atoms with van der Waals surface area (Å²) < 4.78 is 0. The summed E-state index contributed by atoms with van der Waals surface area (Å²) in [6.07, 6.45) is 2.04. The van der Waals surface area contributed by atoms with Gasteiger partial charge in [-0.3, -0.25) is 0 Å². The fourth-order valence-corrected chi connectivity index (χ4v) is 1.79. The molecule has 0 aliphatic rings. The Hall–Kier alpha value is -0.210. The molecule has 1 heterocycles. The minimum atomic E-state index is 1.16. The van der Waals surface area contributed by atoms with Crippen molar-refractivity contribution in [3.8, 4) is 0 Å². The van der Waals surface area contributed by atoms with Gasteiger partial charge in [-0.05, 0) is 17.7 Å². The van der Waals surface area contributed by atoms with Gasteiger partial charge in [0.2, 0.25) is 0 Å². The van der Waals surface area contributed by atoms with Gasteiger partial charge in [-0.15, -0.1) is 23.1 Å². The Kier molecular flexibility index (Phi) is 2.37. The smallest absolute Gasteiger partial charge is 0.0400 e. The van der Waals surface area contributed by atoms with Crippen LogP contribution < -0.4 is 0 Å². The Labute approximate surface area is 63.6 Å². The zero-order valence-corrected chi connectivity index (χ0v) is 6.89. The van der Waals surface area contributed by atoms with Crippen LogP contribution in [0.25, 0.3) is 4.91 Å². The zero-order chi connectivity index (χ0) is 6.69. The minimum absolute atomic E-state index is 1.16. The molecule has 0 amide bonds. The highest BCUT2D eigenvalue weighted by molar-refractivity contribution is 8.07. The van der Waals surface area contributed by atoms with Crippen molar-refractivity contribution in [2.24, 2.45) is 0 Å². The number of hydrogen-bond donors (Lipinski definition) is 0. The first-order chi connectivity index (χ1) is 4.34. The van der Waals surface area contributed by atoms with Crippen molar-refractivity contribution in [1.82, 2.24) is 0 Å². The molecular weight excluding hydrogens is 148 g/mol. The van der Waals surface area contributed by atoms with Gasteiger partial charge in [0.15, 0.2) is 0 Å². The molecule has 0 atom stereocenters. The minimum Gasteiger partial charge on any atom is -0.143 e. The summed E-state index contributed by atoms with van der Waals surface area (Å²) in [5.74, 6) is 0. The van der Waals surface area contributed by atoms with E-state index in [-0.39, 0.29) is 0 Å². The molecule has 9 heavy (non-hydrogen) atoms. The summed E-state index contributed by atoms with van der Waals surface area (Å²) in [6.45, 7) is 3.89. The second-order valence-electron chi connectivity index (χ2n) is 1.60. The maximum atomic E-state index is 3.89. The Morgan fingerprint density at radius 2 is 2.56 bits per heavy atom. The van der Waals surface area contributed by atoms with E-state index in [0.717, 1.165) is 4.91 Å². The molecule has 0 aromatic carbocycles. The van der Waals surface area contributed by atoms with E-state index >= 15 is 0 Å². The molecule has 0 N–H and O–H groups in total. The lowest BCUT2D eigenvalue weighted by molar-refractivity contribution is 1.95. The Morgan fingerprint density at radius 1 is 1.78 bits per heavy atom. The summed E-state index contributed by atoms with van der Waals surface area (Å²) in [5, 5.41) is 2.07. The van der Waals surface area contributed by atoms with Crippen LogP contribution in [0.5, 0.6) is 0 Å². The van der Waals surface area contributed by atoms with Crippen LogP contribution in [0.2, 0.25) is 0 Å². The molecule has 2 heteroatoms. The number of hydrogen-bond acceptors (Lipinski definition) is 2. The molecule has 1 rings (SSSR count). The van der Waals surface area contributed by atoms with Crippen LogP contribution in [0.1, 0.15) is 4.88 Å². The van der Waals surface area contributed by atoms with E-state index in [4.69, 9.17) is 0 Å². The van der Waals surface area contributed by atoms with Crippen molar-refractivity contribution in [3.05, 3.63) is 29.0 Å². The van der Waals surface area contributed by atoms with Crippen LogP contribution in [0.3, 0.4) is 0 Å². The molecule has 0 nitrogen and oxygen atoms in total. The number of thioether (sulfide) groups is 1. The van der Waals surface area contributed by atoms with Crippen LogP contribution in [-0.2, 0) is 0 Å². The average Bonchev–Trinajstić information content (AvgIpc) is 2.37. The molecule has 0 fully saturated rings. The first-order valence-corrected chi connectivity index (χ1v) is 4.72. The van der Waals surface area contributed by atoms with Crippen molar-refractivity contribution < 1.29 is 0 Å². The molecular formula is C7H8S2. The van der Waals surface area contributed by atoms with Gasteiger partial charge in [0.1, 0.15) is 0 Å². The second-order valence-corrected chi connectivity index (χ2v) is 3.45. The van der Waals surface area contributed by atoms with Gasteiger partial charge in [-0.1, -0.05) is 12.6 Å². The molecule has 0 aliphatic carbocycles. The summed E-state index contributed by atoms with van der Waals surface area (Å²) in [7, 11) is 0. The van der Waals surface area contributed by atoms with E-state index in [9.17, 15) is 0 Å². The van der Waals surface area contributed by atoms with Crippen LogP contribution in [0.4, 0.5) is 0 Å². The van der Waals surface area contributed by atoms with E-state index in [1.807, 2.05) is 12.3 Å². The Bertz CT molecular complexity index is 187. The highest BCUT2D eigenvalue weighted by atomic mass is 32.2. The standard InChI is InChI=1S/C7H8S2/c1-6(8-2)7-4-3-5-9-7/h3-5H,1H2,2H3. The maximum absolute atomic E-state index is 3.89. The van der Waals surface area contributed by atoms with E-state index in [1.165, 1.54) is 4.88 Å². The van der Waals surface area contributed by atoms with Gasteiger partial charge < -0.3 is 0 Å². The molecule has 0 saturated carbocycles. The van der Waals surface area contributed by atoms with Crippen LogP contribution in [0, 0.1) is 0 Å². The maximum Gasteiger partial charge on any atom is 0.0400 e. The molecule has 0 spiro atoms. The summed E-state index contributed by atoms with van der Waals surface area (Å²) in [5.41, 5.74) is 0. The predicted octanol–water partition coefficient (Wildman–Crippen LogP) is 3.08. The number of rotatable bonds is 2. The summed E-state index contributed by atoms with van der Waals surface area (Å²) in [6, 6.07) is 4.13.